The third-order valence-corrected chi connectivity index (χ3v) is 5.68. The predicted octanol–water partition coefficient (Wildman–Crippen LogP) is 2.39. The standard InChI is InChI=1S/C18H30N4O2/c1-3-24-16-11-15(18(16)8-4-5-9-18)21-17(23)19-10-6-7-14-12-20-22(2)13-14/h12-13,15-16H,3-11H2,1-2H3,(H2,19,21,23)/t15-,16+/m1/s1. The first-order valence-corrected chi connectivity index (χ1v) is 9.27. The fraction of sp³-hybridized carbons (Fsp3) is 0.778. The van der Waals surface area contributed by atoms with E-state index in [4.69, 9.17) is 4.74 Å². The quantitative estimate of drug-likeness (QED) is 0.752. The first-order chi connectivity index (χ1) is 11.6. The van der Waals surface area contributed by atoms with E-state index in [0.717, 1.165) is 25.9 Å². The number of aryl methyl sites for hydroxylation is 2. The minimum absolute atomic E-state index is 0.0348. The van der Waals surface area contributed by atoms with Crippen LogP contribution in [0.5, 0.6) is 0 Å². The number of carbonyl (C=O) groups is 1. The highest BCUT2D eigenvalue weighted by atomic mass is 16.5. The molecule has 3 rings (SSSR count). The second kappa shape index (κ2) is 7.55. The Bertz CT molecular complexity index is 551. The summed E-state index contributed by atoms with van der Waals surface area (Å²) in [5, 5.41) is 10.3. The zero-order valence-corrected chi connectivity index (χ0v) is 14.9. The van der Waals surface area contributed by atoms with Gasteiger partial charge in [-0.25, -0.2) is 4.79 Å². The van der Waals surface area contributed by atoms with Crippen LogP contribution in [0.3, 0.4) is 0 Å². The highest BCUT2D eigenvalue weighted by molar-refractivity contribution is 5.74. The summed E-state index contributed by atoms with van der Waals surface area (Å²) in [5.41, 5.74) is 1.41. The molecule has 6 heteroatoms. The molecule has 24 heavy (non-hydrogen) atoms. The Morgan fingerprint density at radius 1 is 1.46 bits per heavy atom. The van der Waals surface area contributed by atoms with Gasteiger partial charge >= 0.3 is 6.03 Å². The van der Waals surface area contributed by atoms with Crippen molar-refractivity contribution in [3.8, 4) is 0 Å². The summed E-state index contributed by atoms with van der Waals surface area (Å²) in [6.07, 6.45) is 11.9. The number of aromatic nitrogens is 2. The summed E-state index contributed by atoms with van der Waals surface area (Å²) in [6, 6.07) is 0.238. The molecule has 0 radical (unpaired) electrons. The second-order valence-electron chi connectivity index (χ2n) is 7.20. The average Bonchev–Trinajstić information content (AvgIpc) is 3.21. The maximum atomic E-state index is 12.2. The lowest BCUT2D eigenvalue weighted by molar-refractivity contribution is -0.126. The number of ether oxygens (including phenoxy) is 1. The summed E-state index contributed by atoms with van der Waals surface area (Å²) in [7, 11) is 1.92. The van der Waals surface area contributed by atoms with Crippen LogP contribution in [0.1, 0.15) is 51.0 Å². The van der Waals surface area contributed by atoms with Gasteiger partial charge in [0.15, 0.2) is 0 Å². The summed E-state index contributed by atoms with van der Waals surface area (Å²) < 4.78 is 7.70. The van der Waals surface area contributed by atoms with Crippen molar-refractivity contribution >= 4 is 6.03 Å². The number of hydrogen-bond donors (Lipinski definition) is 2. The lowest BCUT2D eigenvalue weighted by atomic mass is 9.60. The molecule has 0 saturated heterocycles. The maximum absolute atomic E-state index is 12.2. The summed E-state index contributed by atoms with van der Waals surface area (Å²) in [4.78, 5) is 12.2. The fourth-order valence-electron chi connectivity index (χ4n) is 4.39. The van der Waals surface area contributed by atoms with E-state index >= 15 is 0 Å². The molecule has 1 aromatic heterocycles. The van der Waals surface area contributed by atoms with Gasteiger partial charge in [-0.15, -0.1) is 0 Å². The Balaban J connectivity index is 1.39. The van der Waals surface area contributed by atoms with Crippen molar-refractivity contribution in [1.29, 1.82) is 0 Å². The zero-order chi connectivity index (χ0) is 17.0. The SMILES string of the molecule is CCO[C@H]1C[C@@H](NC(=O)NCCCc2cnn(C)c2)C12CCCC2. The Hall–Kier alpha value is -1.56. The molecule has 0 aromatic carbocycles. The minimum atomic E-state index is -0.0348. The highest BCUT2D eigenvalue weighted by Gasteiger charge is 2.57. The molecule has 2 atom stereocenters. The Labute approximate surface area is 144 Å². The lowest BCUT2D eigenvalue weighted by Gasteiger charge is -2.53. The van der Waals surface area contributed by atoms with Gasteiger partial charge in [0.25, 0.3) is 0 Å². The van der Waals surface area contributed by atoms with Crippen LogP contribution in [0.4, 0.5) is 4.79 Å². The number of rotatable bonds is 7. The van der Waals surface area contributed by atoms with Gasteiger partial charge in [-0.05, 0) is 44.6 Å². The molecule has 2 aliphatic rings. The largest absolute Gasteiger partial charge is 0.378 e. The normalized spacial score (nSPS) is 24.8. The topological polar surface area (TPSA) is 68.2 Å². The van der Waals surface area contributed by atoms with Crippen molar-refractivity contribution in [2.24, 2.45) is 12.5 Å². The molecular weight excluding hydrogens is 304 g/mol. The van der Waals surface area contributed by atoms with Crippen LogP contribution in [-0.4, -0.2) is 41.1 Å². The van der Waals surface area contributed by atoms with Crippen molar-refractivity contribution in [2.75, 3.05) is 13.2 Å². The molecule has 1 aromatic rings. The molecule has 1 spiro atoms. The summed E-state index contributed by atoms with van der Waals surface area (Å²) in [5.74, 6) is 0. The smallest absolute Gasteiger partial charge is 0.315 e. The van der Waals surface area contributed by atoms with Crippen LogP contribution in [0.15, 0.2) is 12.4 Å². The Kier molecular flexibility index (Phi) is 5.43. The zero-order valence-electron chi connectivity index (χ0n) is 14.9. The number of hydrogen-bond acceptors (Lipinski definition) is 3. The molecule has 2 N–H and O–H groups in total. The summed E-state index contributed by atoms with van der Waals surface area (Å²) in [6.45, 7) is 3.51. The predicted molar refractivity (Wildman–Crippen MR) is 92.8 cm³/mol. The average molecular weight is 334 g/mol. The summed E-state index contributed by atoms with van der Waals surface area (Å²) >= 11 is 0. The number of nitrogens with one attached hydrogen (secondary N) is 2. The van der Waals surface area contributed by atoms with Gasteiger partial charge in [0.05, 0.1) is 12.3 Å². The number of urea groups is 1. The van der Waals surface area contributed by atoms with E-state index in [1.165, 1.54) is 31.2 Å². The third kappa shape index (κ3) is 3.58. The molecule has 6 nitrogen and oxygen atoms in total. The van der Waals surface area contributed by atoms with Crippen LogP contribution >= 0.6 is 0 Å². The van der Waals surface area contributed by atoms with Crippen LogP contribution in [0, 0.1) is 5.41 Å². The number of carbonyl (C=O) groups excluding carboxylic acids is 1. The molecular formula is C18H30N4O2. The lowest BCUT2D eigenvalue weighted by Crippen LogP contribution is -2.64. The van der Waals surface area contributed by atoms with Crippen molar-refractivity contribution in [3.05, 3.63) is 18.0 Å². The van der Waals surface area contributed by atoms with Gasteiger partial charge in [-0.3, -0.25) is 4.68 Å². The molecule has 2 aliphatic carbocycles. The van der Waals surface area contributed by atoms with Crippen LogP contribution in [0.2, 0.25) is 0 Å². The van der Waals surface area contributed by atoms with Gasteiger partial charge in [-0.2, -0.15) is 5.10 Å². The Morgan fingerprint density at radius 2 is 2.25 bits per heavy atom. The minimum Gasteiger partial charge on any atom is -0.378 e. The van der Waals surface area contributed by atoms with E-state index < -0.39 is 0 Å². The van der Waals surface area contributed by atoms with Gasteiger partial charge in [-0.1, -0.05) is 12.8 Å². The van der Waals surface area contributed by atoms with Crippen molar-refractivity contribution in [3.63, 3.8) is 0 Å². The fourth-order valence-corrected chi connectivity index (χ4v) is 4.39. The molecule has 2 fully saturated rings. The van der Waals surface area contributed by atoms with E-state index in [0.29, 0.717) is 12.6 Å². The number of amides is 2. The monoisotopic (exact) mass is 334 g/mol. The van der Waals surface area contributed by atoms with Crippen LogP contribution < -0.4 is 10.6 Å². The maximum Gasteiger partial charge on any atom is 0.315 e. The third-order valence-electron chi connectivity index (χ3n) is 5.68. The van der Waals surface area contributed by atoms with Crippen molar-refractivity contribution in [2.45, 2.75) is 64.0 Å². The van der Waals surface area contributed by atoms with E-state index in [1.54, 1.807) is 0 Å². The van der Waals surface area contributed by atoms with Gasteiger partial charge in [0.2, 0.25) is 0 Å². The van der Waals surface area contributed by atoms with Crippen molar-refractivity contribution in [1.82, 2.24) is 20.4 Å². The molecule has 0 bridgehead atoms. The van der Waals surface area contributed by atoms with E-state index in [9.17, 15) is 4.79 Å². The van der Waals surface area contributed by atoms with Gasteiger partial charge in [0, 0.05) is 37.9 Å². The van der Waals surface area contributed by atoms with Crippen LogP contribution in [0.25, 0.3) is 0 Å². The Morgan fingerprint density at radius 3 is 2.92 bits per heavy atom. The first kappa shape index (κ1) is 17.3. The van der Waals surface area contributed by atoms with Gasteiger partial charge in [0.1, 0.15) is 0 Å². The van der Waals surface area contributed by atoms with E-state index in [2.05, 4.69) is 22.7 Å². The highest BCUT2D eigenvalue weighted by Crippen LogP contribution is 2.54. The van der Waals surface area contributed by atoms with E-state index in [-0.39, 0.29) is 17.5 Å². The molecule has 134 valence electrons. The van der Waals surface area contributed by atoms with Gasteiger partial charge < -0.3 is 15.4 Å². The second-order valence-corrected chi connectivity index (χ2v) is 7.20. The molecule has 0 unspecified atom stereocenters. The van der Waals surface area contributed by atoms with Crippen molar-refractivity contribution < 1.29 is 9.53 Å². The van der Waals surface area contributed by atoms with Crippen LogP contribution in [-0.2, 0) is 18.2 Å². The molecule has 1 heterocycles. The molecule has 0 aliphatic heterocycles. The molecule has 2 amide bonds. The van der Waals surface area contributed by atoms with E-state index in [1.807, 2.05) is 24.1 Å². The number of nitrogens with zero attached hydrogens (tertiary/aromatic N) is 2. The first-order valence-electron chi connectivity index (χ1n) is 9.27. The molecule has 2 saturated carbocycles.